The molecule has 1 aliphatic heterocycles. The minimum Gasteiger partial charge on any atom is -0.397 e. The number of rotatable bonds is 3. The van der Waals surface area contributed by atoms with Crippen LogP contribution < -0.4 is 5.73 Å². The topological polar surface area (TPSA) is 59.2 Å². The number of hydrogen-bond acceptors (Lipinski definition) is 4. The van der Waals surface area contributed by atoms with E-state index < -0.39 is 0 Å². The Hall–Kier alpha value is -1.62. The summed E-state index contributed by atoms with van der Waals surface area (Å²) in [6.07, 6.45) is 5.23. The van der Waals surface area contributed by atoms with E-state index >= 15 is 0 Å². The van der Waals surface area contributed by atoms with Crippen molar-refractivity contribution in [3.05, 3.63) is 23.2 Å². The van der Waals surface area contributed by atoms with E-state index in [-0.39, 0.29) is 5.91 Å². The monoisotopic (exact) mass is 289 g/mol. The number of fused-ring (bicyclic) bond motifs is 1. The van der Waals surface area contributed by atoms with E-state index in [0.717, 1.165) is 29.7 Å². The Labute approximate surface area is 122 Å². The van der Waals surface area contributed by atoms with Crippen molar-refractivity contribution >= 4 is 33.1 Å². The van der Waals surface area contributed by atoms with Gasteiger partial charge < -0.3 is 10.6 Å². The molecule has 0 aromatic carbocycles. The Bertz CT molecular complexity index is 637. The van der Waals surface area contributed by atoms with Crippen LogP contribution in [-0.2, 0) is 0 Å². The average Bonchev–Trinajstić information content (AvgIpc) is 3.05. The van der Waals surface area contributed by atoms with Crippen molar-refractivity contribution < 1.29 is 4.79 Å². The number of thiophene rings is 1. The highest BCUT2D eigenvalue weighted by molar-refractivity contribution is 7.21. The fraction of sp³-hybridized carbons (Fsp3) is 0.467. The Morgan fingerprint density at radius 3 is 3.20 bits per heavy atom. The van der Waals surface area contributed by atoms with Crippen molar-refractivity contribution in [1.82, 2.24) is 9.88 Å². The number of nitrogens with zero attached hydrogens (tertiary/aromatic N) is 2. The van der Waals surface area contributed by atoms with Gasteiger partial charge in [-0.25, -0.2) is 4.98 Å². The number of amides is 1. The molecule has 1 fully saturated rings. The molecular weight excluding hydrogens is 270 g/mol. The van der Waals surface area contributed by atoms with Gasteiger partial charge in [-0.3, -0.25) is 4.79 Å². The fourth-order valence-electron chi connectivity index (χ4n) is 2.91. The molecule has 1 unspecified atom stereocenters. The Morgan fingerprint density at radius 2 is 2.45 bits per heavy atom. The van der Waals surface area contributed by atoms with Crippen LogP contribution in [0.1, 0.15) is 35.9 Å². The minimum absolute atomic E-state index is 0.0732. The predicted molar refractivity (Wildman–Crippen MR) is 83.0 cm³/mol. The summed E-state index contributed by atoms with van der Waals surface area (Å²) in [5.74, 6) is 0.724. The molecule has 0 saturated carbocycles. The van der Waals surface area contributed by atoms with Crippen molar-refractivity contribution in [3.63, 3.8) is 0 Å². The van der Waals surface area contributed by atoms with Gasteiger partial charge in [0.15, 0.2) is 0 Å². The molecule has 2 N–H and O–H groups in total. The van der Waals surface area contributed by atoms with E-state index in [1.165, 1.54) is 24.2 Å². The van der Waals surface area contributed by atoms with Crippen molar-refractivity contribution in [2.45, 2.75) is 26.2 Å². The maximum absolute atomic E-state index is 12.6. The number of anilines is 1. The highest BCUT2D eigenvalue weighted by Gasteiger charge is 2.29. The van der Waals surface area contributed by atoms with Gasteiger partial charge in [-0.15, -0.1) is 11.3 Å². The van der Waals surface area contributed by atoms with Crippen LogP contribution in [0.2, 0.25) is 0 Å². The van der Waals surface area contributed by atoms with Gasteiger partial charge in [0.05, 0.1) is 5.69 Å². The summed E-state index contributed by atoms with van der Waals surface area (Å²) >= 11 is 1.41. The Kier molecular flexibility index (Phi) is 3.61. The highest BCUT2D eigenvalue weighted by atomic mass is 32.1. The van der Waals surface area contributed by atoms with Crippen molar-refractivity contribution in [3.8, 4) is 0 Å². The zero-order valence-corrected chi connectivity index (χ0v) is 12.4. The van der Waals surface area contributed by atoms with Crippen LogP contribution in [0.4, 0.5) is 5.69 Å². The molecule has 0 radical (unpaired) electrons. The van der Waals surface area contributed by atoms with Crippen molar-refractivity contribution in [1.29, 1.82) is 0 Å². The number of aromatic nitrogens is 1. The van der Waals surface area contributed by atoms with E-state index in [2.05, 4.69) is 11.9 Å². The molecule has 106 valence electrons. The molecule has 2 aromatic rings. The SMILES string of the molecule is CCCC1CCN(C(=O)c2sc3ncccc3c2N)C1. The average molecular weight is 289 g/mol. The third-order valence-corrected chi connectivity index (χ3v) is 5.09. The molecular formula is C15H19N3OS. The molecule has 3 rings (SSSR count). The predicted octanol–water partition coefficient (Wildman–Crippen LogP) is 3.14. The quantitative estimate of drug-likeness (QED) is 0.944. The van der Waals surface area contributed by atoms with Crippen LogP contribution in [0.3, 0.4) is 0 Å². The second kappa shape index (κ2) is 5.40. The highest BCUT2D eigenvalue weighted by Crippen LogP contribution is 2.34. The second-order valence-electron chi connectivity index (χ2n) is 5.40. The number of nitrogen functional groups attached to an aromatic ring is 1. The summed E-state index contributed by atoms with van der Waals surface area (Å²) in [6.45, 7) is 3.92. The van der Waals surface area contributed by atoms with Gasteiger partial charge in [-0.1, -0.05) is 13.3 Å². The summed E-state index contributed by atoms with van der Waals surface area (Å²) in [5, 5.41) is 0.894. The standard InChI is InChI=1S/C15H19N3OS/c1-2-4-10-6-8-18(9-10)15(19)13-12(16)11-5-3-7-17-14(11)20-13/h3,5,7,10H,2,4,6,8-9,16H2,1H3. The van der Waals surface area contributed by atoms with Crippen molar-refractivity contribution in [2.24, 2.45) is 5.92 Å². The summed E-state index contributed by atoms with van der Waals surface area (Å²) in [6, 6.07) is 3.78. The summed E-state index contributed by atoms with van der Waals surface area (Å²) in [7, 11) is 0. The molecule has 1 atom stereocenters. The van der Waals surface area contributed by atoms with E-state index in [1.807, 2.05) is 17.0 Å². The molecule has 0 aliphatic carbocycles. The summed E-state index contributed by atoms with van der Waals surface area (Å²) < 4.78 is 0. The third kappa shape index (κ3) is 2.26. The van der Waals surface area contributed by atoms with E-state index in [4.69, 9.17) is 5.73 Å². The first-order valence-electron chi connectivity index (χ1n) is 7.13. The summed E-state index contributed by atoms with van der Waals surface area (Å²) in [4.78, 5) is 20.3. The lowest BCUT2D eigenvalue weighted by molar-refractivity contribution is 0.0792. The largest absolute Gasteiger partial charge is 0.397 e. The Balaban J connectivity index is 1.84. The van der Waals surface area contributed by atoms with Gasteiger partial charge in [0, 0.05) is 24.7 Å². The Morgan fingerprint density at radius 1 is 1.60 bits per heavy atom. The molecule has 0 bridgehead atoms. The lowest BCUT2D eigenvalue weighted by atomic mass is 10.0. The van der Waals surface area contributed by atoms with E-state index in [1.54, 1.807) is 6.20 Å². The molecule has 0 spiro atoms. The number of pyridine rings is 1. The van der Waals surface area contributed by atoms with Gasteiger partial charge >= 0.3 is 0 Å². The van der Waals surface area contributed by atoms with Gasteiger partial charge in [-0.2, -0.15) is 0 Å². The normalized spacial score (nSPS) is 18.9. The van der Waals surface area contributed by atoms with Gasteiger partial charge in [0.2, 0.25) is 0 Å². The van der Waals surface area contributed by atoms with Crippen LogP contribution in [0.5, 0.6) is 0 Å². The van der Waals surface area contributed by atoms with Crippen LogP contribution in [0, 0.1) is 5.92 Å². The molecule has 20 heavy (non-hydrogen) atoms. The maximum Gasteiger partial charge on any atom is 0.266 e. The molecule has 5 heteroatoms. The minimum atomic E-state index is 0.0732. The lowest BCUT2D eigenvalue weighted by Crippen LogP contribution is -2.28. The number of carbonyl (C=O) groups excluding carboxylic acids is 1. The van der Waals surface area contributed by atoms with Crippen LogP contribution >= 0.6 is 11.3 Å². The van der Waals surface area contributed by atoms with Crippen LogP contribution in [-0.4, -0.2) is 28.9 Å². The number of nitrogens with two attached hydrogens (primary N) is 1. The number of hydrogen-bond donors (Lipinski definition) is 1. The molecule has 4 nitrogen and oxygen atoms in total. The lowest BCUT2D eigenvalue weighted by Gasteiger charge is -2.15. The molecule has 1 saturated heterocycles. The van der Waals surface area contributed by atoms with Crippen LogP contribution in [0.25, 0.3) is 10.2 Å². The van der Waals surface area contributed by atoms with Gasteiger partial charge in [-0.05, 0) is 30.9 Å². The summed E-state index contributed by atoms with van der Waals surface area (Å²) in [5.41, 5.74) is 6.71. The first-order valence-corrected chi connectivity index (χ1v) is 7.94. The number of carbonyl (C=O) groups is 1. The third-order valence-electron chi connectivity index (χ3n) is 3.97. The molecule has 1 amide bonds. The first kappa shape index (κ1) is 13.4. The van der Waals surface area contributed by atoms with E-state index in [9.17, 15) is 4.79 Å². The molecule has 2 aromatic heterocycles. The smallest absolute Gasteiger partial charge is 0.266 e. The van der Waals surface area contributed by atoms with Gasteiger partial charge in [0.25, 0.3) is 5.91 Å². The molecule has 3 heterocycles. The number of likely N-dealkylation sites (tertiary alicyclic amines) is 1. The van der Waals surface area contributed by atoms with Crippen molar-refractivity contribution in [2.75, 3.05) is 18.8 Å². The van der Waals surface area contributed by atoms with E-state index in [0.29, 0.717) is 16.5 Å². The zero-order chi connectivity index (χ0) is 14.1. The van der Waals surface area contributed by atoms with Gasteiger partial charge in [0.1, 0.15) is 9.71 Å². The molecule has 1 aliphatic rings. The van der Waals surface area contributed by atoms with Crippen LogP contribution in [0.15, 0.2) is 18.3 Å². The second-order valence-corrected chi connectivity index (χ2v) is 6.39. The fourth-order valence-corrected chi connectivity index (χ4v) is 3.95. The maximum atomic E-state index is 12.6. The zero-order valence-electron chi connectivity index (χ0n) is 11.6. The first-order chi connectivity index (χ1) is 9.70.